The number of carbonyl (C=O) groups is 1. The molecule has 0 unspecified atom stereocenters. The highest BCUT2D eigenvalue weighted by molar-refractivity contribution is 5.89. The Labute approximate surface area is 148 Å². The average molecular weight is 346 g/mol. The predicted molar refractivity (Wildman–Crippen MR) is 94.0 cm³/mol. The molecule has 1 N–H and O–H groups in total. The van der Waals surface area contributed by atoms with Crippen LogP contribution in [0, 0.1) is 0 Å². The molecule has 4 rings (SSSR count). The molecule has 2 aliphatic heterocycles. The van der Waals surface area contributed by atoms with E-state index in [-0.39, 0.29) is 24.3 Å². The molecule has 1 aliphatic carbocycles. The zero-order chi connectivity index (χ0) is 17.1. The molecule has 2 heterocycles. The highest BCUT2D eigenvalue weighted by Gasteiger charge is 2.38. The van der Waals surface area contributed by atoms with Crippen LogP contribution in [-0.2, 0) is 9.47 Å². The first-order valence-corrected chi connectivity index (χ1v) is 9.33. The Morgan fingerprint density at radius 1 is 1.20 bits per heavy atom. The number of hydrogen-bond donors (Lipinski definition) is 1. The summed E-state index contributed by atoms with van der Waals surface area (Å²) in [6.07, 6.45) is 5.77. The van der Waals surface area contributed by atoms with E-state index in [1.807, 2.05) is 29.2 Å². The second-order valence-electron chi connectivity index (χ2n) is 7.00. The van der Waals surface area contributed by atoms with E-state index < -0.39 is 0 Å². The summed E-state index contributed by atoms with van der Waals surface area (Å²) in [5, 5.41) is 3.01. The fourth-order valence-corrected chi connectivity index (χ4v) is 4.00. The van der Waals surface area contributed by atoms with E-state index in [0.29, 0.717) is 19.8 Å². The molecule has 3 aliphatic rings. The van der Waals surface area contributed by atoms with Gasteiger partial charge in [-0.1, -0.05) is 6.07 Å². The molecule has 1 aromatic carbocycles. The molecule has 3 fully saturated rings. The van der Waals surface area contributed by atoms with Crippen LogP contribution in [0.5, 0.6) is 5.75 Å². The maximum Gasteiger partial charge on any atom is 0.322 e. The lowest BCUT2D eigenvalue weighted by Gasteiger charge is -2.37. The normalized spacial score (nSPS) is 28.6. The van der Waals surface area contributed by atoms with Gasteiger partial charge >= 0.3 is 6.03 Å². The first-order valence-electron chi connectivity index (χ1n) is 9.33. The van der Waals surface area contributed by atoms with Crippen molar-refractivity contribution in [1.82, 2.24) is 4.90 Å². The van der Waals surface area contributed by atoms with E-state index >= 15 is 0 Å². The number of morpholine rings is 1. The van der Waals surface area contributed by atoms with Gasteiger partial charge < -0.3 is 24.4 Å². The fraction of sp³-hybridized carbons (Fsp3) is 0.632. The summed E-state index contributed by atoms with van der Waals surface area (Å²) in [6, 6.07) is 7.75. The van der Waals surface area contributed by atoms with Crippen LogP contribution in [0.4, 0.5) is 10.5 Å². The Kier molecular flexibility index (Phi) is 5.08. The van der Waals surface area contributed by atoms with Crippen molar-refractivity contribution >= 4 is 11.7 Å². The van der Waals surface area contributed by atoms with E-state index in [1.165, 1.54) is 0 Å². The molecule has 0 radical (unpaired) electrons. The Morgan fingerprint density at radius 3 is 3.04 bits per heavy atom. The Hall–Kier alpha value is -1.79. The van der Waals surface area contributed by atoms with Gasteiger partial charge in [-0.05, 0) is 44.2 Å². The first kappa shape index (κ1) is 16.7. The van der Waals surface area contributed by atoms with Gasteiger partial charge in [-0.25, -0.2) is 4.79 Å². The molecule has 6 heteroatoms. The molecule has 136 valence electrons. The van der Waals surface area contributed by atoms with Gasteiger partial charge in [-0.15, -0.1) is 0 Å². The van der Waals surface area contributed by atoms with Crippen LogP contribution in [-0.4, -0.2) is 55.5 Å². The van der Waals surface area contributed by atoms with Crippen molar-refractivity contribution in [3.8, 4) is 5.75 Å². The minimum absolute atomic E-state index is 0.0449. The van der Waals surface area contributed by atoms with Gasteiger partial charge in [0.25, 0.3) is 0 Å². The van der Waals surface area contributed by atoms with Crippen LogP contribution in [0.3, 0.4) is 0 Å². The van der Waals surface area contributed by atoms with Gasteiger partial charge in [-0.2, -0.15) is 0 Å². The monoisotopic (exact) mass is 346 g/mol. The lowest BCUT2D eigenvalue weighted by atomic mass is 10.1. The topological polar surface area (TPSA) is 60.0 Å². The number of fused-ring (bicyclic) bond motifs is 1. The number of anilines is 1. The van der Waals surface area contributed by atoms with Crippen molar-refractivity contribution in [3.05, 3.63) is 24.3 Å². The number of nitrogens with zero attached hydrogens (tertiary/aromatic N) is 1. The van der Waals surface area contributed by atoms with Crippen LogP contribution >= 0.6 is 0 Å². The standard InChI is InChI=1S/C19H26N2O4/c22-19(21-9-11-24-18-8-2-7-17(18)21)20-14-4-1-5-15(12-14)25-13-16-6-3-10-23-16/h1,4-5,12,16-18H,2-3,6-11,13H2,(H,20,22)/t16-,17-,18-/m0/s1. The SMILES string of the molecule is O=C(Nc1cccc(OC[C@@H]2CCCO2)c1)N1CCO[C@H]2CCC[C@@H]21. The smallest absolute Gasteiger partial charge is 0.322 e. The van der Waals surface area contributed by atoms with Crippen molar-refractivity contribution in [3.63, 3.8) is 0 Å². The lowest BCUT2D eigenvalue weighted by Crippen LogP contribution is -2.52. The number of nitrogens with one attached hydrogen (secondary N) is 1. The van der Waals surface area contributed by atoms with Gasteiger partial charge in [0, 0.05) is 24.9 Å². The van der Waals surface area contributed by atoms with Crippen molar-refractivity contribution in [2.45, 2.75) is 50.4 Å². The number of amides is 2. The zero-order valence-electron chi connectivity index (χ0n) is 14.5. The van der Waals surface area contributed by atoms with Crippen LogP contribution in [0.25, 0.3) is 0 Å². The summed E-state index contributed by atoms with van der Waals surface area (Å²) in [5.41, 5.74) is 0.760. The van der Waals surface area contributed by atoms with E-state index in [1.54, 1.807) is 0 Å². The van der Waals surface area contributed by atoms with Gasteiger partial charge in [-0.3, -0.25) is 0 Å². The second-order valence-corrected chi connectivity index (χ2v) is 7.00. The maximum absolute atomic E-state index is 12.7. The molecule has 3 atom stereocenters. The quantitative estimate of drug-likeness (QED) is 0.910. The summed E-state index contributed by atoms with van der Waals surface area (Å²) >= 11 is 0. The van der Waals surface area contributed by atoms with Crippen molar-refractivity contribution in [2.75, 3.05) is 31.7 Å². The van der Waals surface area contributed by atoms with Crippen molar-refractivity contribution < 1.29 is 19.0 Å². The van der Waals surface area contributed by atoms with E-state index in [9.17, 15) is 4.79 Å². The number of benzene rings is 1. The number of ether oxygens (including phenoxy) is 3. The van der Waals surface area contributed by atoms with Gasteiger partial charge in [0.1, 0.15) is 12.4 Å². The third-order valence-corrected chi connectivity index (χ3v) is 5.29. The molecule has 1 aromatic rings. The average Bonchev–Trinajstić information content (AvgIpc) is 3.31. The summed E-state index contributed by atoms with van der Waals surface area (Å²) in [7, 11) is 0. The van der Waals surface area contributed by atoms with E-state index in [0.717, 1.165) is 50.1 Å². The minimum atomic E-state index is -0.0449. The first-order chi connectivity index (χ1) is 12.3. The molecule has 2 saturated heterocycles. The molecule has 0 bridgehead atoms. The van der Waals surface area contributed by atoms with Crippen molar-refractivity contribution in [2.24, 2.45) is 0 Å². The molecule has 6 nitrogen and oxygen atoms in total. The number of carbonyl (C=O) groups excluding carboxylic acids is 1. The van der Waals surface area contributed by atoms with Crippen molar-refractivity contribution in [1.29, 1.82) is 0 Å². The number of urea groups is 1. The highest BCUT2D eigenvalue weighted by Crippen LogP contribution is 2.30. The zero-order valence-corrected chi connectivity index (χ0v) is 14.5. The summed E-state index contributed by atoms with van der Waals surface area (Å²) in [6.45, 7) is 2.66. The molecule has 1 saturated carbocycles. The molecule has 2 amide bonds. The molecular weight excluding hydrogens is 320 g/mol. The molecule has 0 spiro atoms. The number of hydrogen-bond acceptors (Lipinski definition) is 4. The third-order valence-electron chi connectivity index (χ3n) is 5.29. The highest BCUT2D eigenvalue weighted by atomic mass is 16.5. The molecule has 25 heavy (non-hydrogen) atoms. The predicted octanol–water partition coefficient (Wildman–Crippen LogP) is 3.03. The van der Waals surface area contributed by atoms with Crippen LogP contribution in [0.15, 0.2) is 24.3 Å². The summed E-state index contributed by atoms with van der Waals surface area (Å²) in [5.74, 6) is 0.758. The third kappa shape index (κ3) is 3.90. The summed E-state index contributed by atoms with van der Waals surface area (Å²) in [4.78, 5) is 14.6. The molecule has 0 aromatic heterocycles. The second kappa shape index (κ2) is 7.62. The Morgan fingerprint density at radius 2 is 2.16 bits per heavy atom. The Bertz CT molecular complexity index is 603. The van der Waals surface area contributed by atoms with Crippen LogP contribution in [0.1, 0.15) is 32.1 Å². The van der Waals surface area contributed by atoms with Crippen LogP contribution < -0.4 is 10.1 Å². The maximum atomic E-state index is 12.7. The van der Waals surface area contributed by atoms with Gasteiger partial charge in [0.2, 0.25) is 0 Å². The summed E-state index contributed by atoms with van der Waals surface area (Å²) < 4.78 is 17.2. The minimum Gasteiger partial charge on any atom is -0.491 e. The van der Waals surface area contributed by atoms with Crippen LogP contribution in [0.2, 0.25) is 0 Å². The number of rotatable bonds is 4. The molecular formula is C19H26N2O4. The lowest BCUT2D eigenvalue weighted by molar-refractivity contribution is -0.0362. The van der Waals surface area contributed by atoms with E-state index in [2.05, 4.69) is 5.32 Å². The fourth-order valence-electron chi connectivity index (χ4n) is 4.00. The van der Waals surface area contributed by atoms with Gasteiger partial charge in [0.15, 0.2) is 0 Å². The van der Waals surface area contributed by atoms with E-state index in [4.69, 9.17) is 14.2 Å². The largest absolute Gasteiger partial charge is 0.491 e. The Balaban J connectivity index is 1.35. The van der Waals surface area contributed by atoms with Gasteiger partial charge in [0.05, 0.1) is 24.9 Å².